The smallest absolute Gasteiger partial charge is 0.0872 e. The molecule has 1 heterocycles. The minimum Gasteiger partial charge on any atom is -0.369 e. The fourth-order valence-electron chi connectivity index (χ4n) is 2.92. The summed E-state index contributed by atoms with van der Waals surface area (Å²) in [7, 11) is 1.41. The van der Waals surface area contributed by atoms with E-state index in [9.17, 15) is 0 Å². The van der Waals surface area contributed by atoms with Crippen LogP contribution in [0.25, 0.3) is 0 Å². The van der Waals surface area contributed by atoms with Crippen LogP contribution in [0.3, 0.4) is 0 Å². The number of rotatable bonds is 0. The summed E-state index contributed by atoms with van der Waals surface area (Å²) in [6.45, 7) is 0. The second-order valence-electron chi connectivity index (χ2n) is 3.94. The normalized spacial score (nSPS) is 68.7. The van der Waals surface area contributed by atoms with Crippen LogP contribution in [-0.2, 0) is 4.74 Å². The quantitative estimate of drug-likeness (QED) is 0.339. The molecule has 3 fully saturated rings. The molecule has 0 amide bonds. The molecule has 3 rings (SSSR count). The van der Waals surface area contributed by atoms with E-state index in [1.807, 2.05) is 0 Å². The van der Waals surface area contributed by atoms with Gasteiger partial charge in [-0.15, -0.1) is 0 Å². The van der Waals surface area contributed by atoms with Crippen LogP contribution in [0.2, 0.25) is 5.54 Å². The molecule has 9 heavy (non-hydrogen) atoms. The van der Waals surface area contributed by atoms with E-state index < -0.39 is 0 Å². The van der Waals surface area contributed by atoms with Gasteiger partial charge >= 0.3 is 0 Å². The Balaban J connectivity index is 1.96. The zero-order valence-electron chi connectivity index (χ0n) is 5.71. The van der Waals surface area contributed by atoms with Crippen molar-refractivity contribution in [3.8, 4) is 0 Å². The number of epoxide rings is 1. The summed E-state index contributed by atoms with van der Waals surface area (Å²) in [6, 6.07) is 0. The van der Waals surface area contributed by atoms with Gasteiger partial charge in [-0.25, -0.2) is 0 Å². The largest absolute Gasteiger partial charge is 0.369 e. The summed E-state index contributed by atoms with van der Waals surface area (Å²) >= 11 is 0. The van der Waals surface area contributed by atoms with Gasteiger partial charge in [-0.2, -0.15) is 0 Å². The lowest BCUT2D eigenvalue weighted by Gasteiger charge is -2.11. The number of hydrogen-bond donors (Lipinski definition) is 0. The second-order valence-corrected chi connectivity index (χ2v) is 5.42. The van der Waals surface area contributed by atoms with E-state index in [1.165, 1.54) is 23.1 Å². The fraction of sp³-hybridized carbons (Fsp3) is 1.00. The minimum atomic E-state index is 0.750. The molecule has 2 saturated carbocycles. The van der Waals surface area contributed by atoms with Crippen LogP contribution in [0.4, 0.5) is 0 Å². The van der Waals surface area contributed by atoms with Crippen LogP contribution in [0.5, 0.6) is 0 Å². The van der Waals surface area contributed by atoms with Crippen molar-refractivity contribution in [3.05, 3.63) is 0 Å². The van der Waals surface area contributed by atoms with E-state index in [2.05, 4.69) is 0 Å². The first-order chi connectivity index (χ1) is 4.36. The summed E-state index contributed by atoms with van der Waals surface area (Å²) in [6.07, 6.45) is 4.54. The van der Waals surface area contributed by atoms with Gasteiger partial charge in [0, 0.05) is 10.2 Å². The van der Waals surface area contributed by atoms with Crippen molar-refractivity contribution in [2.45, 2.75) is 30.6 Å². The Hall–Kier alpha value is 0.177. The zero-order valence-corrected chi connectivity index (χ0v) is 7.71. The highest BCUT2D eigenvalue weighted by molar-refractivity contribution is 6.12. The van der Waals surface area contributed by atoms with Crippen LogP contribution in [0.15, 0.2) is 0 Å². The molecule has 0 N–H and O–H groups in total. The summed E-state index contributed by atoms with van der Waals surface area (Å²) < 4.78 is 5.53. The van der Waals surface area contributed by atoms with E-state index in [0.29, 0.717) is 0 Å². The summed E-state index contributed by atoms with van der Waals surface area (Å²) in [5.41, 5.74) is 1.11. The Bertz CT molecular complexity index is 155. The van der Waals surface area contributed by atoms with Crippen LogP contribution in [0, 0.1) is 11.8 Å². The Labute approximate surface area is 58.2 Å². The SMILES string of the molecule is [SiH3]C1CC2CC1C1OC21. The predicted molar refractivity (Wildman–Crippen MR) is 38.6 cm³/mol. The molecule has 0 radical (unpaired) electrons. The van der Waals surface area contributed by atoms with E-state index in [0.717, 1.165) is 29.6 Å². The lowest BCUT2D eigenvalue weighted by molar-refractivity contribution is 0.264. The highest BCUT2D eigenvalue weighted by atomic mass is 28.1. The molecule has 0 aromatic heterocycles. The molecule has 3 aliphatic rings. The minimum absolute atomic E-state index is 0.750. The van der Waals surface area contributed by atoms with Crippen molar-refractivity contribution in [1.29, 1.82) is 0 Å². The van der Waals surface area contributed by atoms with Gasteiger partial charge in [-0.3, -0.25) is 0 Å². The van der Waals surface area contributed by atoms with Crippen LogP contribution < -0.4 is 0 Å². The van der Waals surface area contributed by atoms with Crippen LogP contribution in [-0.4, -0.2) is 22.5 Å². The molecule has 0 aromatic rings. The number of ether oxygens (including phenoxy) is 1. The molecular formula is C7H12OSi. The van der Waals surface area contributed by atoms with Crippen molar-refractivity contribution >= 4 is 10.2 Å². The molecule has 1 aliphatic heterocycles. The lowest BCUT2D eigenvalue weighted by Crippen LogP contribution is -2.12. The summed E-state index contributed by atoms with van der Waals surface area (Å²) in [4.78, 5) is 0. The van der Waals surface area contributed by atoms with Crippen molar-refractivity contribution in [3.63, 3.8) is 0 Å². The average molecular weight is 140 g/mol. The fourth-order valence-corrected chi connectivity index (χ4v) is 4.17. The monoisotopic (exact) mass is 140 g/mol. The van der Waals surface area contributed by atoms with E-state index in [-0.39, 0.29) is 0 Å². The highest BCUT2D eigenvalue weighted by Gasteiger charge is 2.61. The maximum Gasteiger partial charge on any atom is 0.0872 e. The van der Waals surface area contributed by atoms with E-state index >= 15 is 0 Å². The summed E-state index contributed by atoms with van der Waals surface area (Å²) in [5, 5.41) is 0. The predicted octanol–water partition coefficient (Wildman–Crippen LogP) is -0.0525. The molecule has 2 bridgehead atoms. The van der Waals surface area contributed by atoms with Gasteiger partial charge in [0.05, 0.1) is 12.2 Å². The Morgan fingerprint density at radius 1 is 1.22 bits per heavy atom. The third-order valence-corrected chi connectivity index (χ3v) is 4.76. The first kappa shape index (κ1) is 4.91. The molecule has 5 atom stereocenters. The van der Waals surface area contributed by atoms with Gasteiger partial charge in [0.15, 0.2) is 0 Å². The Kier molecular flexibility index (Phi) is 0.696. The summed E-state index contributed by atoms with van der Waals surface area (Å²) in [5.74, 6) is 2.02. The van der Waals surface area contributed by atoms with Gasteiger partial charge in [-0.1, -0.05) is 0 Å². The molecule has 0 aromatic carbocycles. The topological polar surface area (TPSA) is 12.5 Å². The molecule has 2 aliphatic carbocycles. The molecule has 1 saturated heterocycles. The van der Waals surface area contributed by atoms with Gasteiger partial charge in [0.2, 0.25) is 0 Å². The van der Waals surface area contributed by atoms with Gasteiger partial charge < -0.3 is 4.74 Å². The first-order valence-electron chi connectivity index (χ1n) is 4.02. The lowest BCUT2D eigenvalue weighted by atomic mass is 10.0. The molecule has 2 heteroatoms. The Morgan fingerprint density at radius 2 is 2.11 bits per heavy atom. The van der Waals surface area contributed by atoms with Crippen molar-refractivity contribution in [1.82, 2.24) is 0 Å². The molecule has 1 nitrogen and oxygen atoms in total. The van der Waals surface area contributed by atoms with E-state index in [4.69, 9.17) is 4.74 Å². The van der Waals surface area contributed by atoms with Gasteiger partial charge in [-0.05, 0) is 30.2 Å². The third-order valence-electron chi connectivity index (χ3n) is 3.43. The number of hydrogen-bond acceptors (Lipinski definition) is 1. The zero-order chi connectivity index (χ0) is 6.01. The number of fused-ring (bicyclic) bond motifs is 5. The van der Waals surface area contributed by atoms with Gasteiger partial charge in [0.1, 0.15) is 0 Å². The van der Waals surface area contributed by atoms with Crippen molar-refractivity contribution in [2.75, 3.05) is 0 Å². The first-order valence-corrected chi connectivity index (χ1v) is 5.17. The van der Waals surface area contributed by atoms with Crippen LogP contribution >= 0.6 is 0 Å². The van der Waals surface area contributed by atoms with Crippen molar-refractivity contribution in [2.24, 2.45) is 11.8 Å². The Morgan fingerprint density at radius 3 is 2.67 bits per heavy atom. The van der Waals surface area contributed by atoms with Gasteiger partial charge in [0.25, 0.3) is 0 Å². The maximum absolute atomic E-state index is 5.53. The molecule has 5 unspecified atom stereocenters. The molecule has 50 valence electrons. The van der Waals surface area contributed by atoms with Crippen LogP contribution in [0.1, 0.15) is 12.8 Å². The standard InChI is InChI=1S/C7H12OSi/c9-5-2-3-1-4(5)7-6(3)8-7/h3-7H,1-2H2,9H3. The third kappa shape index (κ3) is 0.455. The van der Waals surface area contributed by atoms with Crippen molar-refractivity contribution < 1.29 is 4.74 Å². The second kappa shape index (κ2) is 1.27. The molecule has 0 spiro atoms. The van der Waals surface area contributed by atoms with E-state index in [1.54, 1.807) is 0 Å². The average Bonchev–Trinajstić information content (AvgIpc) is 2.46. The highest BCUT2D eigenvalue weighted by Crippen LogP contribution is 2.60. The maximum atomic E-state index is 5.53. The molecular weight excluding hydrogens is 128 g/mol.